The van der Waals surface area contributed by atoms with Crippen LogP contribution in [0.1, 0.15) is 129 Å². The zero-order valence-corrected chi connectivity index (χ0v) is 58.2. The summed E-state index contributed by atoms with van der Waals surface area (Å²) in [4.78, 5) is 17.5. The predicted molar refractivity (Wildman–Crippen MR) is 357 cm³/mol. The molecule has 1 radical (unpaired) electrons. The molecule has 4 aromatic carbocycles. The molecule has 0 aliphatic heterocycles. The van der Waals surface area contributed by atoms with Gasteiger partial charge < -0.3 is 10.3 Å². The van der Waals surface area contributed by atoms with Crippen molar-refractivity contribution in [1.29, 1.82) is 0 Å². The number of aryl methyl sites for hydroxylation is 8. The van der Waals surface area contributed by atoms with Crippen LogP contribution in [0.4, 0.5) is 5.82 Å². The molecule has 0 spiro atoms. The van der Waals surface area contributed by atoms with Gasteiger partial charge in [-0.05, 0) is 202 Å². The van der Waals surface area contributed by atoms with E-state index in [1.54, 1.807) is 6.20 Å². The maximum absolute atomic E-state index is 5.46. The van der Waals surface area contributed by atoms with Crippen molar-refractivity contribution in [3.63, 3.8) is 0 Å². The molecule has 10 heteroatoms. The quantitative estimate of drug-likeness (QED) is 0.115. The molecule has 2 N–H and O–H groups in total. The minimum atomic E-state index is 0. The number of anilines is 1. The van der Waals surface area contributed by atoms with Gasteiger partial charge in [0.1, 0.15) is 11.5 Å². The molecule has 0 amide bonds. The molecule has 0 atom stereocenters. The van der Waals surface area contributed by atoms with Crippen LogP contribution in [0.3, 0.4) is 0 Å². The number of aromatic nitrogens is 5. The van der Waals surface area contributed by atoms with Gasteiger partial charge >= 0.3 is 0 Å². The van der Waals surface area contributed by atoms with Gasteiger partial charge in [-0.25, -0.2) is 9.97 Å². The van der Waals surface area contributed by atoms with Crippen molar-refractivity contribution in [2.75, 3.05) is 5.73 Å². The summed E-state index contributed by atoms with van der Waals surface area (Å²) < 4.78 is 4.40. The first-order valence-corrected chi connectivity index (χ1v) is 30.2. The second kappa shape index (κ2) is 35.6. The van der Waals surface area contributed by atoms with Gasteiger partial charge in [0, 0.05) is 107 Å². The molecule has 6 nitrogen and oxygen atoms in total. The summed E-state index contributed by atoms with van der Waals surface area (Å²) in [5.74, 6) is 9.83. The second-order valence-corrected chi connectivity index (χ2v) is 25.0. The first kappa shape index (κ1) is 70.7. The van der Waals surface area contributed by atoms with Crippen LogP contribution in [0.2, 0.25) is 0 Å². The molecule has 425 valence electrons. The van der Waals surface area contributed by atoms with Crippen molar-refractivity contribution in [3.05, 3.63) is 253 Å². The molecular formula is C72H83Br3N6Y. The summed E-state index contributed by atoms with van der Waals surface area (Å²) in [6, 6.07) is 52.3. The van der Waals surface area contributed by atoms with E-state index in [0.29, 0.717) is 5.82 Å². The van der Waals surface area contributed by atoms with Crippen molar-refractivity contribution in [3.8, 4) is 24.2 Å². The van der Waals surface area contributed by atoms with Crippen LogP contribution in [0.5, 0.6) is 0 Å². The van der Waals surface area contributed by atoms with Crippen LogP contribution in [-0.2, 0) is 75.7 Å². The van der Waals surface area contributed by atoms with Gasteiger partial charge in [-0.3, -0.25) is 9.97 Å². The van der Waals surface area contributed by atoms with Gasteiger partial charge in [-0.15, -0.1) is 12.3 Å². The minimum absolute atomic E-state index is 0. The van der Waals surface area contributed by atoms with Crippen molar-refractivity contribution in [1.82, 2.24) is 24.5 Å². The molecule has 9 aromatic rings. The number of nitrogens with two attached hydrogens (primary N) is 1. The van der Waals surface area contributed by atoms with E-state index in [4.69, 9.17) is 12.2 Å². The number of pyridine rings is 4. The largest absolute Gasteiger partial charge is 0.383 e. The number of rotatable bonds is 9. The van der Waals surface area contributed by atoms with E-state index in [1.165, 1.54) is 50.0 Å². The zero-order chi connectivity index (χ0) is 59.6. The third-order valence-electron chi connectivity index (χ3n) is 12.4. The van der Waals surface area contributed by atoms with Crippen molar-refractivity contribution in [2.24, 2.45) is 10.8 Å². The van der Waals surface area contributed by atoms with Gasteiger partial charge in [0.15, 0.2) is 0 Å². The van der Waals surface area contributed by atoms with E-state index in [0.717, 1.165) is 74.7 Å². The van der Waals surface area contributed by atoms with Crippen molar-refractivity contribution < 1.29 is 32.7 Å². The average Bonchev–Trinajstić information content (AvgIpc) is 4.11. The summed E-state index contributed by atoms with van der Waals surface area (Å²) >= 11 is 10.2. The Hall–Kier alpha value is -5.52. The van der Waals surface area contributed by atoms with Gasteiger partial charge in [-0.2, -0.15) is 0 Å². The number of alkyl halides is 1. The summed E-state index contributed by atoms with van der Waals surface area (Å²) in [7, 11) is 0. The summed E-state index contributed by atoms with van der Waals surface area (Å²) in [5.41, 5.74) is 21.6. The Morgan fingerprint density at radius 3 is 1.35 bits per heavy atom. The van der Waals surface area contributed by atoms with E-state index in [1.807, 2.05) is 88.8 Å². The van der Waals surface area contributed by atoms with E-state index in [2.05, 4.69) is 262 Å². The Morgan fingerprint density at radius 1 is 0.500 bits per heavy atom. The molecule has 5 heterocycles. The first-order valence-electron chi connectivity index (χ1n) is 27.5. The maximum atomic E-state index is 5.46. The molecule has 0 bridgehead atoms. The third-order valence-corrected chi connectivity index (χ3v) is 15.2. The summed E-state index contributed by atoms with van der Waals surface area (Å²) in [6.07, 6.45) is 16.4. The number of nitrogens with zero attached hydrogens (tertiary/aromatic N) is 5. The number of benzene rings is 4. The number of hydrogen-bond acceptors (Lipinski definition) is 5. The normalized spacial score (nSPS) is 10.6. The van der Waals surface area contributed by atoms with Crippen LogP contribution >= 0.6 is 47.8 Å². The van der Waals surface area contributed by atoms with Gasteiger partial charge in [0.05, 0.1) is 15.9 Å². The van der Waals surface area contributed by atoms with Gasteiger partial charge in [0.2, 0.25) is 0 Å². The molecule has 0 saturated heterocycles. The third kappa shape index (κ3) is 25.5. The van der Waals surface area contributed by atoms with Crippen molar-refractivity contribution >= 4 is 64.6 Å². The standard InChI is InChI=1S/C20H23N.C19H22N2.C14H14BrN.C7H7Br.C6H7BrN2.C6H10.Y/c1-16-13-15-21-19(18(16)12-14-20(2,3)4)11-10-17-8-6-5-7-9-17;1-14-10-11-20-18-16(14)12-17(19(2,3)4)21(18)13-15-8-6-5-7-9-15;1-11-9-10-16-13(14(11)15)8-7-12-5-3-2-4-6-12;8-6-7-4-2-1-3-5-7;1-4-2-3-9-6(8)5(4)7;1-5-6(2,3)4;/h5-9,13,15H,10-11H2,1-4H3;5-12H,13H2,1-4H3;2-6,9-10H,7-8H2,1H3;1-5H,6H2;2-3H,1H3,(H2,8,9);1H,2-4H3;. The van der Waals surface area contributed by atoms with Gasteiger partial charge in [0.25, 0.3) is 0 Å². The fourth-order valence-electron chi connectivity index (χ4n) is 7.76. The smallest absolute Gasteiger partial charge is 0.140 e. The molecule has 0 unspecified atom stereocenters. The number of nitrogen functional groups attached to an aromatic ring is 1. The van der Waals surface area contributed by atoms with Crippen LogP contribution < -0.4 is 5.73 Å². The van der Waals surface area contributed by atoms with Crippen LogP contribution in [0, 0.1) is 62.7 Å². The molecule has 0 saturated carbocycles. The van der Waals surface area contributed by atoms with Crippen LogP contribution in [0.15, 0.2) is 185 Å². The van der Waals surface area contributed by atoms with Crippen LogP contribution in [-0.4, -0.2) is 24.5 Å². The van der Waals surface area contributed by atoms with Crippen LogP contribution in [0.25, 0.3) is 11.0 Å². The Labute approximate surface area is 543 Å². The first-order chi connectivity index (χ1) is 38.4. The molecule has 5 aromatic heterocycles. The SMILES string of the molecule is BrCc1ccccc1.C#CC(C)(C)C.Cc1ccnc(CCc2ccccc2)c1Br.Cc1ccnc(CCc2ccccc2)c1C#CC(C)(C)C.Cc1ccnc(N)c1Br.Cc1ccnc2c1cc(C(C)(C)C)n2Cc1ccccc1.[Y]. The molecule has 82 heavy (non-hydrogen) atoms. The molecule has 0 aliphatic carbocycles. The monoisotopic (exact) mass is 1360 g/mol. The second-order valence-electron chi connectivity index (χ2n) is 22.9. The van der Waals surface area contributed by atoms with E-state index in [9.17, 15) is 0 Å². The zero-order valence-electron chi connectivity index (χ0n) is 50.6. The fraction of sp³-hybridized carbons (Fsp3) is 0.306. The molecule has 0 aliphatic rings. The Kier molecular flexibility index (Phi) is 30.7. The average molecular weight is 1360 g/mol. The number of halogens is 3. The number of hydrogen-bond donors (Lipinski definition) is 1. The molecular weight excluding hydrogens is 1280 g/mol. The van der Waals surface area contributed by atoms with Crippen molar-refractivity contribution in [2.45, 2.75) is 133 Å². The molecule has 0 fully saturated rings. The topological polar surface area (TPSA) is 82.5 Å². The number of terminal acetylenes is 1. The molecule has 9 rings (SSSR count). The van der Waals surface area contributed by atoms with E-state index in [-0.39, 0.29) is 49.0 Å². The maximum Gasteiger partial charge on any atom is 0.140 e. The Morgan fingerprint density at radius 2 is 0.915 bits per heavy atom. The van der Waals surface area contributed by atoms with Gasteiger partial charge in [-0.1, -0.05) is 170 Å². The summed E-state index contributed by atoms with van der Waals surface area (Å²) in [5, 5.41) is 2.21. The Bertz CT molecular complexity index is 3400. The minimum Gasteiger partial charge on any atom is -0.383 e. The summed E-state index contributed by atoms with van der Waals surface area (Å²) in [6.45, 7) is 28.4. The van der Waals surface area contributed by atoms with E-state index >= 15 is 0 Å². The predicted octanol–water partition coefficient (Wildman–Crippen LogP) is 19.2. The number of fused-ring (bicyclic) bond motifs is 1. The Balaban J connectivity index is 0.000000271. The fourth-order valence-corrected chi connectivity index (χ4v) is 8.80. The van der Waals surface area contributed by atoms with E-state index < -0.39 is 0 Å².